The molecule has 0 atom stereocenters. The van der Waals surface area contributed by atoms with E-state index in [4.69, 9.17) is 33.9 Å². The lowest BCUT2D eigenvalue weighted by atomic mass is 10.2. The number of hydrogen-bond acceptors (Lipinski definition) is 8. The number of nitrogens with zero attached hydrogens (tertiary/aromatic N) is 4. The fraction of sp³-hybridized carbons (Fsp3) is 0.129. The van der Waals surface area contributed by atoms with Gasteiger partial charge < -0.3 is 18.9 Å². The maximum atomic E-state index is 5.40. The molecule has 5 rings (SSSR count). The van der Waals surface area contributed by atoms with E-state index in [2.05, 4.69) is 0 Å². The normalized spacial score (nSPS) is 16.0. The summed E-state index contributed by atoms with van der Waals surface area (Å²) in [5.41, 5.74) is 3.17. The highest BCUT2D eigenvalue weighted by Crippen LogP contribution is 2.36. The van der Waals surface area contributed by atoms with E-state index >= 15 is 0 Å². The Morgan fingerprint density at radius 3 is 1.27 bits per heavy atom. The van der Waals surface area contributed by atoms with E-state index in [1.165, 1.54) is 11.8 Å². The summed E-state index contributed by atoms with van der Waals surface area (Å²) >= 11 is 1.44. The summed E-state index contributed by atoms with van der Waals surface area (Å²) in [6.07, 6.45) is 0. The summed E-state index contributed by atoms with van der Waals surface area (Å²) in [6, 6.07) is 30.5. The van der Waals surface area contributed by atoms with Crippen LogP contribution < -0.4 is 23.8 Å². The van der Waals surface area contributed by atoms with E-state index in [9.17, 15) is 0 Å². The molecule has 9 heteroatoms. The molecule has 0 unspecified atom stereocenters. The average Bonchev–Trinajstić information content (AvgIpc) is 3.33. The molecule has 0 radical (unpaired) electrons. The Hall–Kier alpha value is -4.76. The lowest BCUT2D eigenvalue weighted by Gasteiger charge is -2.19. The first kappa shape index (κ1) is 26.8. The highest BCUT2D eigenvalue weighted by molar-refractivity contribution is 8.29. The topological polar surface area (TPSA) is 77.2 Å². The zero-order valence-corrected chi connectivity index (χ0v) is 23.4. The molecule has 1 fully saturated rings. The zero-order chi connectivity index (χ0) is 27.9. The van der Waals surface area contributed by atoms with Crippen molar-refractivity contribution in [2.45, 2.75) is 0 Å². The van der Waals surface area contributed by atoms with Crippen LogP contribution in [0.2, 0.25) is 0 Å². The predicted molar refractivity (Wildman–Crippen MR) is 163 cm³/mol. The molecule has 0 saturated carbocycles. The van der Waals surface area contributed by atoms with E-state index in [1.807, 2.05) is 102 Å². The number of rotatable bonds is 8. The minimum atomic E-state index is 0.642. The van der Waals surface area contributed by atoms with Crippen LogP contribution in [0.3, 0.4) is 0 Å². The van der Waals surface area contributed by atoms with Gasteiger partial charge in [-0.25, -0.2) is 15.0 Å². The number of benzene rings is 4. The molecule has 40 heavy (non-hydrogen) atoms. The van der Waals surface area contributed by atoms with Crippen molar-refractivity contribution < 1.29 is 18.9 Å². The van der Waals surface area contributed by atoms with Crippen LogP contribution in [0.4, 0.5) is 22.7 Å². The van der Waals surface area contributed by atoms with E-state index in [0.29, 0.717) is 16.0 Å². The molecule has 0 N–H and O–H groups in total. The van der Waals surface area contributed by atoms with Crippen molar-refractivity contribution in [3.05, 3.63) is 97.1 Å². The molecule has 1 saturated heterocycles. The summed E-state index contributed by atoms with van der Waals surface area (Å²) in [4.78, 5) is 17.0. The molecule has 4 aromatic carbocycles. The van der Waals surface area contributed by atoms with Gasteiger partial charge in [-0.2, -0.15) is 0 Å². The largest absolute Gasteiger partial charge is 0.497 e. The van der Waals surface area contributed by atoms with Gasteiger partial charge in [-0.1, -0.05) is 0 Å². The summed E-state index contributed by atoms with van der Waals surface area (Å²) < 4.78 is 21.4. The molecule has 202 valence electrons. The maximum absolute atomic E-state index is 5.40. The SMILES string of the molecule is COc1ccc(N=C2SC(=Nc3ccc(OC)cc3)N(c3ccc(OC)cc3)C2=Nc2ccc(OC)cc2)cc1. The Kier molecular flexibility index (Phi) is 8.32. The van der Waals surface area contributed by atoms with E-state index < -0.39 is 0 Å². The molecular weight excluding hydrogens is 524 g/mol. The van der Waals surface area contributed by atoms with Crippen LogP contribution in [0.5, 0.6) is 23.0 Å². The Labute approximate surface area is 237 Å². The van der Waals surface area contributed by atoms with Crippen LogP contribution in [0.1, 0.15) is 0 Å². The van der Waals surface area contributed by atoms with Crippen LogP contribution in [-0.4, -0.2) is 44.5 Å². The lowest BCUT2D eigenvalue weighted by Crippen LogP contribution is -2.30. The summed E-state index contributed by atoms with van der Waals surface area (Å²) in [5, 5.41) is 1.40. The second-order valence-electron chi connectivity index (χ2n) is 8.48. The smallest absolute Gasteiger partial charge is 0.181 e. The molecule has 0 bridgehead atoms. The van der Waals surface area contributed by atoms with Crippen LogP contribution >= 0.6 is 11.8 Å². The number of ether oxygens (including phenoxy) is 4. The first-order valence-electron chi connectivity index (χ1n) is 12.4. The quantitative estimate of drug-likeness (QED) is 0.226. The van der Waals surface area contributed by atoms with Gasteiger partial charge in [0.25, 0.3) is 0 Å². The Bertz CT molecular complexity index is 1530. The molecular formula is C31H28N4O4S. The van der Waals surface area contributed by atoms with Crippen molar-refractivity contribution in [1.29, 1.82) is 0 Å². The Balaban J connectivity index is 1.66. The molecule has 0 aromatic heterocycles. The summed E-state index contributed by atoms with van der Waals surface area (Å²) in [7, 11) is 6.57. The van der Waals surface area contributed by atoms with Crippen molar-refractivity contribution >= 4 is 50.6 Å². The van der Waals surface area contributed by atoms with E-state index in [-0.39, 0.29) is 0 Å². The first-order chi connectivity index (χ1) is 19.6. The van der Waals surface area contributed by atoms with Crippen molar-refractivity contribution in [1.82, 2.24) is 0 Å². The maximum Gasteiger partial charge on any atom is 0.181 e. The van der Waals surface area contributed by atoms with Crippen molar-refractivity contribution in [2.24, 2.45) is 15.0 Å². The highest BCUT2D eigenvalue weighted by atomic mass is 32.2. The first-order valence-corrected chi connectivity index (χ1v) is 13.2. The van der Waals surface area contributed by atoms with E-state index in [0.717, 1.165) is 45.7 Å². The van der Waals surface area contributed by atoms with Crippen LogP contribution in [0.25, 0.3) is 0 Å². The third-order valence-electron chi connectivity index (χ3n) is 6.02. The summed E-state index contributed by atoms with van der Waals surface area (Å²) in [5.74, 6) is 3.68. The number of aliphatic imine (C=N–C) groups is 3. The second-order valence-corrected chi connectivity index (χ2v) is 9.43. The van der Waals surface area contributed by atoms with Gasteiger partial charge in [0, 0.05) is 5.69 Å². The number of thioether (sulfide) groups is 1. The van der Waals surface area contributed by atoms with Crippen molar-refractivity contribution in [3.63, 3.8) is 0 Å². The second kappa shape index (κ2) is 12.4. The third-order valence-corrected chi connectivity index (χ3v) is 6.94. The molecule has 8 nitrogen and oxygen atoms in total. The van der Waals surface area contributed by atoms with Gasteiger partial charge >= 0.3 is 0 Å². The minimum Gasteiger partial charge on any atom is -0.497 e. The number of hydrogen-bond donors (Lipinski definition) is 0. The molecule has 1 aliphatic heterocycles. The van der Waals surface area contributed by atoms with Crippen molar-refractivity contribution in [3.8, 4) is 23.0 Å². The molecule has 1 aliphatic rings. The van der Waals surface area contributed by atoms with E-state index in [1.54, 1.807) is 28.4 Å². The van der Waals surface area contributed by atoms with Gasteiger partial charge in [0.15, 0.2) is 11.0 Å². The van der Waals surface area contributed by atoms with Gasteiger partial charge in [0.1, 0.15) is 28.0 Å². The summed E-state index contributed by atoms with van der Waals surface area (Å²) in [6.45, 7) is 0. The van der Waals surface area contributed by atoms with Crippen LogP contribution in [0.15, 0.2) is 112 Å². The lowest BCUT2D eigenvalue weighted by molar-refractivity contribution is 0.414. The van der Waals surface area contributed by atoms with Gasteiger partial charge in [-0.3, -0.25) is 4.90 Å². The minimum absolute atomic E-state index is 0.642. The van der Waals surface area contributed by atoms with Crippen LogP contribution in [0, 0.1) is 0 Å². The predicted octanol–water partition coefficient (Wildman–Crippen LogP) is 7.42. The average molecular weight is 553 g/mol. The Morgan fingerprint density at radius 2 is 0.850 bits per heavy atom. The van der Waals surface area contributed by atoms with Crippen LogP contribution in [-0.2, 0) is 0 Å². The zero-order valence-electron chi connectivity index (χ0n) is 22.6. The highest BCUT2D eigenvalue weighted by Gasteiger charge is 2.35. The number of amidine groups is 2. The standard InChI is InChI=1S/C31H28N4O4S/c1-36-25-13-5-21(6-14-25)32-29-30(33-22-7-15-26(37-2)16-8-22)40-31(34-23-9-17-27(38-3)18-10-23)35(29)24-11-19-28(39-4)20-12-24/h5-20H,1-4H3. The fourth-order valence-electron chi connectivity index (χ4n) is 3.89. The van der Waals surface area contributed by atoms with Gasteiger partial charge in [0.05, 0.1) is 45.5 Å². The van der Waals surface area contributed by atoms with Gasteiger partial charge in [0.2, 0.25) is 0 Å². The number of anilines is 1. The molecule has 4 aromatic rings. The third kappa shape index (κ3) is 6.10. The Morgan fingerprint density at radius 1 is 0.475 bits per heavy atom. The molecule has 0 amide bonds. The fourth-order valence-corrected chi connectivity index (χ4v) is 4.88. The molecule has 1 heterocycles. The monoisotopic (exact) mass is 552 g/mol. The van der Waals surface area contributed by atoms with Gasteiger partial charge in [-0.15, -0.1) is 0 Å². The van der Waals surface area contributed by atoms with Gasteiger partial charge in [-0.05, 0) is 109 Å². The molecule has 0 aliphatic carbocycles. The van der Waals surface area contributed by atoms with Crippen molar-refractivity contribution in [2.75, 3.05) is 33.3 Å². The number of methoxy groups -OCH3 is 4. The molecule has 0 spiro atoms.